The van der Waals surface area contributed by atoms with Gasteiger partial charge in [0.25, 0.3) is 0 Å². The molecule has 0 fully saturated rings. The van der Waals surface area contributed by atoms with Gasteiger partial charge in [-0.05, 0) is 24.6 Å². The average Bonchev–Trinajstić information content (AvgIpc) is 1.88. The lowest BCUT2D eigenvalue weighted by atomic mass is 10.2. The SMILES string of the molecule is CC(S)c1ccc(O)cc1. The first kappa shape index (κ1) is 7.48. The molecule has 0 aromatic heterocycles. The van der Waals surface area contributed by atoms with Crippen LogP contribution < -0.4 is 0 Å². The second-order valence-corrected chi connectivity index (χ2v) is 3.04. The molecule has 0 saturated carbocycles. The Bertz CT molecular complexity index is 203. The van der Waals surface area contributed by atoms with Gasteiger partial charge >= 0.3 is 0 Å². The molecule has 1 aromatic carbocycles. The predicted molar refractivity (Wildman–Crippen MR) is 45.5 cm³/mol. The van der Waals surface area contributed by atoms with Crippen molar-refractivity contribution in [2.45, 2.75) is 12.2 Å². The summed E-state index contributed by atoms with van der Waals surface area (Å²) < 4.78 is 0. The molecule has 0 aliphatic carbocycles. The fraction of sp³-hybridized carbons (Fsp3) is 0.250. The monoisotopic (exact) mass is 154 g/mol. The van der Waals surface area contributed by atoms with Crippen molar-refractivity contribution in [3.05, 3.63) is 29.8 Å². The van der Waals surface area contributed by atoms with Gasteiger partial charge in [-0.2, -0.15) is 12.6 Å². The molecule has 1 atom stereocenters. The molecule has 0 radical (unpaired) electrons. The summed E-state index contributed by atoms with van der Waals surface area (Å²) in [6, 6.07) is 7.07. The lowest BCUT2D eigenvalue weighted by Gasteiger charge is -2.02. The molecule has 0 saturated heterocycles. The summed E-state index contributed by atoms with van der Waals surface area (Å²) in [6.45, 7) is 2.00. The third-order valence-electron chi connectivity index (χ3n) is 1.38. The van der Waals surface area contributed by atoms with Crippen LogP contribution in [0.3, 0.4) is 0 Å². The second-order valence-electron chi connectivity index (χ2n) is 2.27. The number of phenols is 1. The molecule has 0 spiro atoms. The number of benzene rings is 1. The van der Waals surface area contributed by atoms with Crippen molar-refractivity contribution in [1.29, 1.82) is 0 Å². The molecular formula is C8H10OS. The van der Waals surface area contributed by atoms with Crippen LogP contribution in [0.5, 0.6) is 5.75 Å². The normalized spacial score (nSPS) is 13.0. The van der Waals surface area contributed by atoms with Gasteiger partial charge in [-0.25, -0.2) is 0 Å². The zero-order chi connectivity index (χ0) is 7.56. The summed E-state index contributed by atoms with van der Waals surface area (Å²) in [5.74, 6) is 0.303. The zero-order valence-corrected chi connectivity index (χ0v) is 6.68. The number of phenolic OH excluding ortho intramolecular Hbond substituents is 1. The molecule has 1 aromatic rings. The van der Waals surface area contributed by atoms with Crippen molar-refractivity contribution in [3.8, 4) is 5.75 Å². The van der Waals surface area contributed by atoms with Crippen molar-refractivity contribution in [2.24, 2.45) is 0 Å². The molecule has 1 N–H and O–H groups in total. The van der Waals surface area contributed by atoms with Crippen molar-refractivity contribution < 1.29 is 5.11 Å². The molecule has 0 aliphatic rings. The van der Waals surface area contributed by atoms with E-state index in [1.54, 1.807) is 12.1 Å². The summed E-state index contributed by atoms with van der Waals surface area (Å²) in [5.41, 5.74) is 1.13. The number of thiol groups is 1. The van der Waals surface area contributed by atoms with Crippen LogP contribution in [-0.4, -0.2) is 5.11 Å². The summed E-state index contributed by atoms with van der Waals surface area (Å²) in [6.07, 6.45) is 0. The van der Waals surface area contributed by atoms with E-state index in [-0.39, 0.29) is 5.25 Å². The number of aromatic hydroxyl groups is 1. The second kappa shape index (κ2) is 2.97. The Labute approximate surface area is 66.1 Å². The number of hydrogen-bond donors (Lipinski definition) is 2. The van der Waals surface area contributed by atoms with Gasteiger partial charge in [0.2, 0.25) is 0 Å². The highest BCUT2D eigenvalue weighted by atomic mass is 32.1. The first-order valence-corrected chi connectivity index (χ1v) is 3.69. The van der Waals surface area contributed by atoms with Gasteiger partial charge in [0.05, 0.1) is 0 Å². The summed E-state index contributed by atoms with van der Waals surface area (Å²) >= 11 is 4.24. The third-order valence-corrected chi connectivity index (χ3v) is 1.67. The lowest BCUT2D eigenvalue weighted by Crippen LogP contribution is -1.81. The quantitative estimate of drug-likeness (QED) is 0.595. The van der Waals surface area contributed by atoms with Crippen molar-refractivity contribution in [3.63, 3.8) is 0 Å². The summed E-state index contributed by atoms with van der Waals surface area (Å²) in [7, 11) is 0. The lowest BCUT2D eigenvalue weighted by molar-refractivity contribution is 0.475. The van der Waals surface area contributed by atoms with Crippen LogP contribution in [0, 0.1) is 0 Å². The van der Waals surface area contributed by atoms with Gasteiger partial charge in [0.15, 0.2) is 0 Å². The third kappa shape index (κ3) is 1.67. The van der Waals surface area contributed by atoms with Crippen LogP contribution >= 0.6 is 12.6 Å². The van der Waals surface area contributed by atoms with Gasteiger partial charge < -0.3 is 5.11 Å². The fourth-order valence-electron chi connectivity index (χ4n) is 0.753. The highest BCUT2D eigenvalue weighted by Gasteiger charge is 1.97. The highest BCUT2D eigenvalue weighted by Crippen LogP contribution is 2.20. The minimum Gasteiger partial charge on any atom is -0.508 e. The maximum atomic E-state index is 8.91. The van der Waals surface area contributed by atoms with E-state index in [1.807, 2.05) is 19.1 Å². The van der Waals surface area contributed by atoms with Crippen LogP contribution in [0.2, 0.25) is 0 Å². The Morgan fingerprint density at radius 3 is 2.20 bits per heavy atom. The molecule has 0 amide bonds. The molecule has 1 nitrogen and oxygen atoms in total. The minimum absolute atomic E-state index is 0.237. The van der Waals surface area contributed by atoms with Crippen LogP contribution in [0.25, 0.3) is 0 Å². The van der Waals surface area contributed by atoms with E-state index in [0.717, 1.165) is 5.56 Å². The minimum atomic E-state index is 0.237. The molecule has 54 valence electrons. The van der Waals surface area contributed by atoms with Crippen molar-refractivity contribution in [2.75, 3.05) is 0 Å². The van der Waals surface area contributed by atoms with Crippen LogP contribution in [0.1, 0.15) is 17.7 Å². The number of hydrogen-bond acceptors (Lipinski definition) is 2. The summed E-state index contributed by atoms with van der Waals surface area (Å²) in [5, 5.41) is 9.15. The van der Waals surface area contributed by atoms with E-state index in [9.17, 15) is 0 Å². The van der Waals surface area contributed by atoms with E-state index < -0.39 is 0 Å². The maximum Gasteiger partial charge on any atom is 0.115 e. The first-order valence-electron chi connectivity index (χ1n) is 3.17. The van der Waals surface area contributed by atoms with Crippen molar-refractivity contribution >= 4 is 12.6 Å². The molecule has 0 bridgehead atoms. The van der Waals surface area contributed by atoms with Gasteiger partial charge in [0.1, 0.15) is 5.75 Å². The van der Waals surface area contributed by atoms with Crippen LogP contribution in [-0.2, 0) is 0 Å². The maximum absolute atomic E-state index is 8.91. The molecular weight excluding hydrogens is 144 g/mol. The first-order chi connectivity index (χ1) is 4.70. The standard InChI is InChI=1S/C8H10OS/c1-6(10)7-2-4-8(9)5-3-7/h2-6,9-10H,1H3. The van der Waals surface area contributed by atoms with E-state index in [2.05, 4.69) is 12.6 Å². The van der Waals surface area contributed by atoms with E-state index in [0.29, 0.717) is 5.75 Å². The van der Waals surface area contributed by atoms with E-state index in [1.165, 1.54) is 0 Å². The zero-order valence-electron chi connectivity index (χ0n) is 5.78. The molecule has 1 unspecified atom stereocenters. The Kier molecular flexibility index (Phi) is 2.22. The Morgan fingerprint density at radius 2 is 1.80 bits per heavy atom. The van der Waals surface area contributed by atoms with E-state index >= 15 is 0 Å². The van der Waals surface area contributed by atoms with E-state index in [4.69, 9.17) is 5.11 Å². The Hall–Kier alpha value is -0.630. The van der Waals surface area contributed by atoms with Gasteiger partial charge in [-0.15, -0.1) is 0 Å². The molecule has 2 heteroatoms. The Morgan fingerprint density at radius 1 is 1.30 bits per heavy atom. The average molecular weight is 154 g/mol. The fourth-order valence-corrected chi connectivity index (χ4v) is 0.925. The van der Waals surface area contributed by atoms with Crippen molar-refractivity contribution in [1.82, 2.24) is 0 Å². The molecule has 1 rings (SSSR count). The summed E-state index contributed by atoms with van der Waals surface area (Å²) in [4.78, 5) is 0. The molecule has 10 heavy (non-hydrogen) atoms. The largest absolute Gasteiger partial charge is 0.508 e. The highest BCUT2D eigenvalue weighted by molar-refractivity contribution is 7.80. The van der Waals surface area contributed by atoms with Gasteiger partial charge in [0, 0.05) is 5.25 Å². The smallest absolute Gasteiger partial charge is 0.115 e. The van der Waals surface area contributed by atoms with Crippen LogP contribution in [0.4, 0.5) is 0 Å². The predicted octanol–water partition coefficient (Wildman–Crippen LogP) is 2.38. The van der Waals surface area contributed by atoms with Crippen LogP contribution in [0.15, 0.2) is 24.3 Å². The van der Waals surface area contributed by atoms with Gasteiger partial charge in [-0.1, -0.05) is 12.1 Å². The number of rotatable bonds is 1. The Balaban J connectivity index is 2.89. The topological polar surface area (TPSA) is 20.2 Å². The van der Waals surface area contributed by atoms with Gasteiger partial charge in [-0.3, -0.25) is 0 Å². The molecule has 0 heterocycles. The molecule has 0 aliphatic heterocycles.